The fourth-order valence-electron chi connectivity index (χ4n) is 1.73. The molecular weight excluding hydrogens is 326 g/mol. The molecule has 0 spiro atoms. The highest BCUT2D eigenvalue weighted by molar-refractivity contribution is 9.10. The first-order valence-corrected chi connectivity index (χ1v) is 8.06. The third-order valence-corrected chi connectivity index (χ3v) is 4.21. The molecule has 0 unspecified atom stereocenters. The van der Waals surface area contributed by atoms with Crippen LogP contribution in [0, 0.1) is 0 Å². The van der Waals surface area contributed by atoms with E-state index in [1.165, 1.54) is 0 Å². The zero-order valence-corrected chi connectivity index (χ0v) is 12.9. The summed E-state index contributed by atoms with van der Waals surface area (Å²) in [5.41, 5.74) is 3.52. The molecule has 0 atom stereocenters. The number of halogens is 1. The molecule has 1 amide bonds. The van der Waals surface area contributed by atoms with Crippen LogP contribution in [0.2, 0.25) is 0 Å². The van der Waals surface area contributed by atoms with Gasteiger partial charge < -0.3 is 0 Å². The highest BCUT2D eigenvalue weighted by Gasteiger charge is 2.13. The summed E-state index contributed by atoms with van der Waals surface area (Å²) >= 11 is 5.31. The molecular formula is C13H16BrN3OS. The van der Waals surface area contributed by atoms with Crippen LogP contribution in [0.1, 0.15) is 5.56 Å². The number of hydrogen-bond acceptors (Lipinski definition) is 4. The van der Waals surface area contributed by atoms with E-state index in [1.54, 1.807) is 6.21 Å². The van der Waals surface area contributed by atoms with Crippen LogP contribution in [0.4, 0.5) is 0 Å². The van der Waals surface area contributed by atoms with Crippen molar-refractivity contribution in [3.8, 4) is 0 Å². The smallest absolute Gasteiger partial charge is 0.254 e. The van der Waals surface area contributed by atoms with E-state index in [9.17, 15) is 4.79 Å². The Balaban J connectivity index is 1.74. The number of hydrazone groups is 1. The van der Waals surface area contributed by atoms with Gasteiger partial charge in [0.05, 0.1) is 12.8 Å². The van der Waals surface area contributed by atoms with E-state index in [1.807, 2.05) is 36.0 Å². The summed E-state index contributed by atoms with van der Waals surface area (Å²) in [4.78, 5) is 13.8. The van der Waals surface area contributed by atoms with E-state index in [2.05, 4.69) is 31.4 Å². The average Bonchev–Trinajstić information content (AvgIpc) is 2.42. The van der Waals surface area contributed by atoms with E-state index in [0.29, 0.717) is 6.54 Å². The molecule has 0 aliphatic carbocycles. The molecule has 1 fully saturated rings. The molecule has 19 heavy (non-hydrogen) atoms. The van der Waals surface area contributed by atoms with Gasteiger partial charge in [-0.05, 0) is 17.7 Å². The molecule has 0 radical (unpaired) electrons. The molecule has 1 N–H and O–H groups in total. The Morgan fingerprint density at radius 3 is 2.74 bits per heavy atom. The zero-order chi connectivity index (χ0) is 13.5. The topological polar surface area (TPSA) is 44.7 Å². The van der Waals surface area contributed by atoms with E-state index in [4.69, 9.17) is 0 Å². The van der Waals surface area contributed by atoms with Crippen LogP contribution in [-0.2, 0) is 4.79 Å². The normalized spacial score (nSPS) is 16.7. The molecule has 1 saturated heterocycles. The van der Waals surface area contributed by atoms with Crippen molar-refractivity contribution >= 4 is 39.8 Å². The molecule has 102 valence electrons. The minimum atomic E-state index is -0.0553. The van der Waals surface area contributed by atoms with E-state index < -0.39 is 0 Å². The quantitative estimate of drug-likeness (QED) is 0.672. The Morgan fingerprint density at radius 1 is 1.37 bits per heavy atom. The molecule has 1 aliphatic rings. The fourth-order valence-corrected chi connectivity index (χ4v) is 2.97. The third kappa shape index (κ3) is 5.34. The van der Waals surface area contributed by atoms with Gasteiger partial charge in [-0.1, -0.05) is 28.1 Å². The first kappa shape index (κ1) is 14.6. The minimum Gasteiger partial charge on any atom is -0.293 e. The summed E-state index contributed by atoms with van der Waals surface area (Å²) < 4.78 is 1.02. The van der Waals surface area contributed by atoms with Gasteiger partial charge in [0.25, 0.3) is 5.91 Å². The number of carbonyl (C=O) groups excluding carboxylic acids is 1. The monoisotopic (exact) mass is 341 g/mol. The molecule has 6 heteroatoms. The number of amides is 1. The number of hydrogen-bond donors (Lipinski definition) is 1. The maximum Gasteiger partial charge on any atom is 0.254 e. The molecule has 1 aliphatic heterocycles. The second-order valence-corrected chi connectivity index (χ2v) is 6.37. The average molecular weight is 342 g/mol. The zero-order valence-electron chi connectivity index (χ0n) is 10.5. The van der Waals surface area contributed by atoms with Gasteiger partial charge in [0.1, 0.15) is 0 Å². The van der Waals surface area contributed by atoms with Gasteiger partial charge in [0.15, 0.2) is 0 Å². The number of rotatable bonds is 4. The summed E-state index contributed by atoms with van der Waals surface area (Å²) in [5.74, 6) is 2.16. The molecule has 4 nitrogen and oxygen atoms in total. The Labute approximate surface area is 125 Å². The van der Waals surface area contributed by atoms with Crippen LogP contribution in [0.15, 0.2) is 33.8 Å². The van der Waals surface area contributed by atoms with Crippen molar-refractivity contribution in [2.24, 2.45) is 5.10 Å². The lowest BCUT2D eigenvalue weighted by Crippen LogP contribution is -2.40. The van der Waals surface area contributed by atoms with Crippen molar-refractivity contribution in [3.63, 3.8) is 0 Å². The molecule has 2 rings (SSSR count). The molecule has 0 bridgehead atoms. The molecule has 1 aromatic rings. The fraction of sp³-hybridized carbons (Fsp3) is 0.385. The highest BCUT2D eigenvalue weighted by atomic mass is 79.9. The maximum absolute atomic E-state index is 11.7. The van der Waals surface area contributed by atoms with Crippen molar-refractivity contribution in [2.45, 2.75) is 0 Å². The maximum atomic E-state index is 11.7. The van der Waals surface area contributed by atoms with Gasteiger partial charge in [-0.15, -0.1) is 0 Å². The lowest BCUT2D eigenvalue weighted by Gasteiger charge is -2.24. The van der Waals surface area contributed by atoms with Crippen LogP contribution in [-0.4, -0.2) is 48.2 Å². The molecule has 0 aromatic heterocycles. The lowest BCUT2D eigenvalue weighted by atomic mass is 10.2. The summed E-state index contributed by atoms with van der Waals surface area (Å²) in [7, 11) is 0. The number of benzene rings is 1. The van der Waals surface area contributed by atoms with Gasteiger partial charge in [0, 0.05) is 29.1 Å². The SMILES string of the molecule is O=C(CN1CCSCC1)NN=Cc1ccc(Br)cc1. The van der Waals surface area contributed by atoms with Crippen LogP contribution < -0.4 is 5.43 Å². The van der Waals surface area contributed by atoms with Gasteiger partial charge >= 0.3 is 0 Å². The van der Waals surface area contributed by atoms with E-state index in [-0.39, 0.29) is 5.91 Å². The van der Waals surface area contributed by atoms with Crippen molar-refractivity contribution < 1.29 is 4.79 Å². The van der Waals surface area contributed by atoms with Crippen LogP contribution >= 0.6 is 27.7 Å². The Bertz CT molecular complexity index is 444. The van der Waals surface area contributed by atoms with Crippen LogP contribution in [0.3, 0.4) is 0 Å². The van der Waals surface area contributed by atoms with Gasteiger partial charge in [-0.3, -0.25) is 9.69 Å². The number of carbonyl (C=O) groups is 1. The predicted molar refractivity (Wildman–Crippen MR) is 83.6 cm³/mol. The van der Waals surface area contributed by atoms with Gasteiger partial charge in [-0.2, -0.15) is 16.9 Å². The standard InChI is InChI=1S/C13H16BrN3OS/c14-12-3-1-11(2-4-12)9-15-16-13(18)10-17-5-7-19-8-6-17/h1-4,9H,5-8,10H2,(H,16,18). The number of nitrogens with zero attached hydrogens (tertiary/aromatic N) is 2. The number of thioether (sulfide) groups is 1. The summed E-state index contributed by atoms with van der Waals surface area (Å²) in [6.45, 7) is 2.39. The summed E-state index contributed by atoms with van der Waals surface area (Å²) in [6, 6.07) is 7.74. The van der Waals surface area contributed by atoms with Gasteiger partial charge in [0.2, 0.25) is 0 Å². The van der Waals surface area contributed by atoms with Gasteiger partial charge in [-0.25, -0.2) is 5.43 Å². The third-order valence-electron chi connectivity index (χ3n) is 2.74. The van der Waals surface area contributed by atoms with Crippen molar-refractivity contribution in [1.82, 2.24) is 10.3 Å². The first-order valence-electron chi connectivity index (χ1n) is 6.11. The second kappa shape index (κ2) is 7.67. The summed E-state index contributed by atoms with van der Waals surface area (Å²) in [5, 5.41) is 3.96. The van der Waals surface area contributed by atoms with E-state index >= 15 is 0 Å². The minimum absolute atomic E-state index is 0.0553. The lowest BCUT2D eigenvalue weighted by molar-refractivity contribution is -0.122. The summed E-state index contributed by atoms with van der Waals surface area (Å²) in [6.07, 6.45) is 1.65. The Kier molecular flexibility index (Phi) is 5.88. The highest BCUT2D eigenvalue weighted by Crippen LogP contribution is 2.09. The van der Waals surface area contributed by atoms with Crippen molar-refractivity contribution in [2.75, 3.05) is 31.1 Å². The van der Waals surface area contributed by atoms with Crippen molar-refractivity contribution in [1.29, 1.82) is 0 Å². The van der Waals surface area contributed by atoms with Crippen LogP contribution in [0.25, 0.3) is 0 Å². The molecule has 0 saturated carbocycles. The molecule has 1 heterocycles. The Hall–Kier alpha value is -0.850. The largest absolute Gasteiger partial charge is 0.293 e. The second-order valence-electron chi connectivity index (χ2n) is 4.23. The first-order chi connectivity index (χ1) is 9.24. The van der Waals surface area contributed by atoms with Crippen LogP contribution in [0.5, 0.6) is 0 Å². The predicted octanol–water partition coefficient (Wildman–Crippen LogP) is 1.95. The van der Waals surface area contributed by atoms with E-state index in [0.717, 1.165) is 34.6 Å². The van der Waals surface area contributed by atoms with Crippen molar-refractivity contribution in [3.05, 3.63) is 34.3 Å². The number of nitrogens with one attached hydrogen (secondary N) is 1. The Morgan fingerprint density at radius 2 is 2.05 bits per heavy atom. The molecule has 1 aromatic carbocycles.